The maximum atomic E-state index is 12.2. The molecular formula is C16H18ClNO3. The summed E-state index contributed by atoms with van der Waals surface area (Å²) < 4.78 is 10.8. The van der Waals surface area contributed by atoms with Crippen molar-refractivity contribution in [3.63, 3.8) is 0 Å². The minimum absolute atomic E-state index is 0.190. The number of hydrogen-bond donors (Lipinski definition) is 1. The highest BCUT2D eigenvalue weighted by molar-refractivity contribution is 6.17. The Bertz CT molecular complexity index is 622. The van der Waals surface area contributed by atoms with Crippen LogP contribution in [0.5, 0.6) is 5.75 Å². The number of nitrogens with one attached hydrogen (secondary N) is 1. The first kappa shape index (κ1) is 15.4. The fraction of sp³-hybridized carbons (Fsp3) is 0.312. The largest absolute Gasteiger partial charge is 0.494 e. The average molecular weight is 308 g/mol. The Morgan fingerprint density at radius 2 is 2.14 bits per heavy atom. The Labute approximate surface area is 129 Å². The zero-order valence-electron chi connectivity index (χ0n) is 12.1. The summed E-state index contributed by atoms with van der Waals surface area (Å²) in [6.45, 7) is 4.43. The molecule has 21 heavy (non-hydrogen) atoms. The number of benzene rings is 1. The molecule has 2 aromatic rings. The number of aryl methyl sites for hydroxylation is 1. The number of furan rings is 1. The van der Waals surface area contributed by atoms with Crippen molar-refractivity contribution in [2.24, 2.45) is 0 Å². The van der Waals surface area contributed by atoms with Crippen LogP contribution in [0.1, 0.15) is 35.5 Å². The molecule has 0 bridgehead atoms. The van der Waals surface area contributed by atoms with Crippen LogP contribution in [0.25, 0.3) is 0 Å². The van der Waals surface area contributed by atoms with Crippen LogP contribution in [0, 0.1) is 0 Å². The zero-order chi connectivity index (χ0) is 15.2. The molecule has 2 rings (SSSR count). The van der Waals surface area contributed by atoms with Crippen LogP contribution in [-0.4, -0.2) is 12.5 Å². The van der Waals surface area contributed by atoms with Gasteiger partial charge in [0.15, 0.2) is 0 Å². The van der Waals surface area contributed by atoms with E-state index in [9.17, 15) is 4.79 Å². The number of halogens is 1. The summed E-state index contributed by atoms with van der Waals surface area (Å²) in [5.41, 5.74) is 2.08. The van der Waals surface area contributed by atoms with Gasteiger partial charge in [0, 0.05) is 17.7 Å². The van der Waals surface area contributed by atoms with Crippen LogP contribution in [-0.2, 0) is 12.3 Å². The summed E-state index contributed by atoms with van der Waals surface area (Å²) in [7, 11) is 0. The van der Waals surface area contributed by atoms with Gasteiger partial charge in [0.25, 0.3) is 5.91 Å². The molecule has 4 nitrogen and oxygen atoms in total. The minimum atomic E-state index is -0.190. The summed E-state index contributed by atoms with van der Waals surface area (Å²) in [6.07, 6.45) is 2.20. The van der Waals surface area contributed by atoms with E-state index in [-0.39, 0.29) is 5.91 Å². The normalized spacial score (nSPS) is 10.4. The number of carbonyl (C=O) groups excluding carboxylic acids is 1. The topological polar surface area (TPSA) is 51.5 Å². The quantitative estimate of drug-likeness (QED) is 0.812. The van der Waals surface area contributed by atoms with Gasteiger partial charge in [-0.05, 0) is 31.2 Å². The number of amides is 1. The second-order valence-corrected chi connectivity index (χ2v) is 4.72. The summed E-state index contributed by atoms with van der Waals surface area (Å²) in [5, 5.41) is 2.85. The van der Waals surface area contributed by atoms with E-state index >= 15 is 0 Å². The minimum Gasteiger partial charge on any atom is -0.494 e. The van der Waals surface area contributed by atoms with E-state index < -0.39 is 0 Å². The number of carbonyl (C=O) groups is 1. The summed E-state index contributed by atoms with van der Waals surface area (Å²) >= 11 is 5.92. The van der Waals surface area contributed by atoms with E-state index in [1.54, 1.807) is 12.1 Å². The van der Waals surface area contributed by atoms with Gasteiger partial charge in [-0.15, -0.1) is 11.6 Å². The number of ether oxygens (including phenoxy) is 1. The van der Waals surface area contributed by atoms with E-state index in [0.717, 1.165) is 11.3 Å². The molecule has 0 aliphatic heterocycles. The summed E-state index contributed by atoms with van der Waals surface area (Å²) in [6, 6.07) is 7.10. The molecule has 1 aromatic carbocycles. The predicted molar refractivity (Wildman–Crippen MR) is 83.2 cm³/mol. The number of rotatable bonds is 6. The first-order chi connectivity index (χ1) is 10.2. The van der Waals surface area contributed by atoms with E-state index in [2.05, 4.69) is 5.32 Å². The van der Waals surface area contributed by atoms with E-state index in [4.69, 9.17) is 20.8 Å². The standard InChI is InChI=1S/C16H18ClNO3/c1-3-14-13(7-8-21-14)16(19)18-12-5-6-15(20-4-2)11(9-12)10-17/h5-9H,3-4,10H2,1-2H3,(H,18,19). The smallest absolute Gasteiger partial charge is 0.259 e. The highest BCUT2D eigenvalue weighted by atomic mass is 35.5. The summed E-state index contributed by atoms with van der Waals surface area (Å²) in [5.74, 6) is 1.55. The van der Waals surface area contributed by atoms with Crippen molar-refractivity contribution in [2.45, 2.75) is 26.1 Å². The Balaban J connectivity index is 2.18. The van der Waals surface area contributed by atoms with E-state index in [1.807, 2.05) is 26.0 Å². The van der Waals surface area contributed by atoms with Crippen LogP contribution in [0.2, 0.25) is 0 Å². The fourth-order valence-electron chi connectivity index (χ4n) is 2.07. The molecular weight excluding hydrogens is 290 g/mol. The lowest BCUT2D eigenvalue weighted by molar-refractivity contribution is 0.102. The molecule has 0 saturated carbocycles. The van der Waals surface area contributed by atoms with Crippen LogP contribution in [0.15, 0.2) is 34.9 Å². The maximum absolute atomic E-state index is 12.2. The molecule has 0 aliphatic carbocycles. The number of hydrogen-bond acceptors (Lipinski definition) is 3. The van der Waals surface area contributed by atoms with Crippen molar-refractivity contribution in [1.82, 2.24) is 0 Å². The third kappa shape index (κ3) is 3.58. The Morgan fingerprint density at radius 3 is 2.81 bits per heavy atom. The molecule has 1 heterocycles. The Hall–Kier alpha value is -1.94. The van der Waals surface area contributed by atoms with Crippen LogP contribution < -0.4 is 10.1 Å². The van der Waals surface area contributed by atoms with Crippen molar-refractivity contribution in [1.29, 1.82) is 0 Å². The third-order valence-corrected chi connectivity index (χ3v) is 3.36. The van der Waals surface area contributed by atoms with Gasteiger partial charge in [0.05, 0.1) is 24.3 Å². The molecule has 0 atom stereocenters. The van der Waals surface area contributed by atoms with Gasteiger partial charge in [-0.1, -0.05) is 6.92 Å². The van der Waals surface area contributed by atoms with Crippen molar-refractivity contribution in [3.05, 3.63) is 47.4 Å². The molecule has 0 unspecified atom stereocenters. The Kier molecular flexibility index (Phi) is 5.28. The van der Waals surface area contributed by atoms with Crippen LogP contribution >= 0.6 is 11.6 Å². The van der Waals surface area contributed by atoms with E-state index in [0.29, 0.717) is 35.9 Å². The summed E-state index contributed by atoms with van der Waals surface area (Å²) in [4.78, 5) is 12.2. The van der Waals surface area contributed by atoms with Gasteiger partial charge in [-0.2, -0.15) is 0 Å². The van der Waals surface area contributed by atoms with Crippen molar-refractivity contribution in [3.8, 4) is 5.75 Å². The second kappa shape index (κ2) is 7.18. The molecule has 0 saturated heterocycles. The van der Waals surface area contributed by atoms with Gasteiger partial charge >= 0.3 is 0 Å². The Morgan fingerprint density at radius 1 is 1.33 bits per heavy atom. The molecule has 1 amide bonds. The van der Waals surface area contributed by atoms with Crippen molar-refractivity contribution < 1.29 is 13.9 Å². The van der Waals surface area contributed by atoms with Gasteiger partial charge in [0.1, 0.15) is 11.5 Å². The van der Waals surface area contributed by atoms with Gasteiger partial charge < -0.3 is 14.5 Å². The van der Waals surface area contributed by atoms with Crippen molar-refractivity contribution >= 4 is 23.2 Å². The third-order valence-electron chi connectivity index (χ3n) is 3.07. The lowest BCUT2D eigenvalue weighted by Gasteiger charge is -2.11. The van der Waals surface area contributed by atoms with Crippen molar-refractivity contribution in [2.75, 3.05) is 11.9 Å². The lowest BCUT2D eigenvalue weighted by atomic mass is 10.1. The van der Waals surface area contributed by atoms with Gasteiger partial charge in [0.2, 0.25) is 0 Å². The second-order valence-electron chi connectivity index (χ2n) is 4.45. The molecule has 1 aromatic heterocycles. The van der Waals surface area contributed by atoms with E-state index in [1.165, 1.54) is 6.26 Å². The molecule has 0 spiro atoms. The first-order valence-corrected chi connectivity index (χ1v) is 7.42. The number of alkyl halides is 1. The van der Waals surface area contributed by atoms with Gasteiger partial charge in [-0.3, -0.25) is 4.79 Å². The number of anilines is 1. The highest BCUT2D eigenvalue weighted by Gasteiger charge is 2.14. The first-order valence-electron chi connectivity index (χ1n) is 6.89. The SMILES string of the molecule is CCOc1ccc(NC(=O)c2ccoc2CC)cc1CCl. The molecule has 0 radical (unpaired) electrons. The van der Waals surface area contributed by atoms with Gasteiger partial charge in [-0.25, -0.2) is 0 Å². The zero-order valence-corrected chi connectivity index (χ0v) is 12.9. The molecule has 0 aliphatic rings. The monoisotopic (exact) mass is 307 g/mol. The molecule has 112 valence electrons. The van der Waals surface area contributed by atoms with Crippen LogP contribution in [0.3, 0.4) is 0 Å². The molecule has 5 heteroatoms. The highest BCUT2D eigenvalue weighted by Crippen LogP contribution is 2.25. The average Bonchev–Trinajstić information content (AvgIpc) is 2.97. The molecule has 0 fully saturated rings. The lowest BCUT2D eigenvalue weighted by Crippen LogP contribution is -2.13. The van der Waals surface area contributed by atoms with Crippen LogP contribution in [0.4, 0.5) is 5.69 Å². The predicted octanol–water partition coefficient (Wildman–Crippen LogP) is 4.23. The fourth-order valence-corrected chi connectivity index (χ4v) is 2.28. The molecule has 1 N–H and O–H groups in total. The maximum Gasteiger partial charge on any atom is 0.259 e.